The van der Waals surface area contributed by atoms with Gasteiger partial charge in [0.1, 0.15) is 0 Å². The first-order valence-electron chi connectivity index (χ1n) is 4.80. The summed E-state index contributed by atoms with van der Waals surface area (Å²) in [5.74, 6) is 0.137. The molecule has 0 fully saturated rings. The zero-order valence-electron chi connectivity index (χ0n) is 9.49. The molecule has 0 aliphatic heterocycles. The maximum absolute atomic E-state index is 11.3. The average molecular weight is 317 g/mol. The maximum atomic E-state index is 11.3. The Hall–Kier alpha value is -0.340. The normalized spacial score (nSPS) is 13.6. The highest BCUT2D eigenvalue weighted by molar-refractivity contribution is 9.09. The largest absolute Gasteiger partial charge is 0.446 e. The van der Waals surface area contributed by atoms with Crippen molar-refractivity contribution < 1.29 is 17.9 Å². The molecule has 1 atom stereocenters. The molecule has 1 unspecified atom stereocenters. The molecule has 0 heterocycles. The average Bonchev–Trinajstić information content (AvgIpc) is 2.11. The molecule has 0 aliphatic rings. The van der Waals surface area contributed by atoms with E-state index in [1.54, 1.807) is 18.6 Å². The van der Waals surface area contributed by atoms with Gasteiger partial charge in [0.05, 0.1) is 6.10 Å². The van der Waals surface area contributed by atoms with Crippen LogP contribution in [0.2, 0.25) is 0 Å². The molecule has 6 nitrogen and oxygen atoms in total. The summed E-state index contributed by atoms with van der Waals surface area (Å²) < 4.78 is 31.2. The van der Waals surface area contributed by atoms with Gasteiger partial charge in [-0.05, 0) is 19.8 Å². The number of carbonyl (C=O) groups is 1. The highest BCUT2D eigenvalue weighted by atomic mass is 79.9. The summed E-state index contributed by atoms with van der Waals surface area (Å²) in [6.07, 6.45) is -1.34. The fraction of sp³-hybridized carbons (Fsp3) is 0.875. The molecular formula is C8H17BrN2O4S. The second kappa shape index (κ2) is 7.08. The minimum Gasteiger partial charge on any atom is -0.446 e. The number of hydrogen-bond donors (Lipinski definition) is 2. The summed E-state index contributed by atoms with van der Waals surface area (Å²) in [5, 5.41) is 0.673. The Morgan fingerprint density at radius 3 is 2.38 bits per heavy atom. The molecule has 0 spiro atoms. The van der Waals surface area contributed by atoms with E-state index in [0.717, 1.165) is 0 Å². The van der Waals surface area contributed by atoms with Crippen LogP contribution in [0.15, 0.2) is 0 Å². The van der Waals surface area contributed by atoms with Crippen LogP contribution >= 0.6 is 15.9 Å². The molecule has 0 saturated heterocycles. The van der Waals surface area contributed by atoms with E-state index >= 15 is 0 Å². The van der Waals surface area contributed by atoms with Crippen molar-refractivity contribution in [3.63, 3.8) is 0 Å². The Morgan fingerprint density at radius 1 is 1.38 bits per heavy atom. The van der Waals surface area contributed by atoms with E-state index in [0.29, 0.717) is 5.33 Å². The second-order valence-corrected chi connectivity index (χ2v) is 5.81. The first-order chi connectivity index (χ1) is 7.26. The SMILES string of the molecule is CC(CBr)CNS(=O)(=O)NC(=O)OC(C)C. The van der Waals surface area contributed by atoms with Gasteiger partial charge in [0.2, 0.25) is 0 Å². The predicted octanol–water partition coefficient (Wildman–Crippen LogP) is 0.986. The third-order valence-electron chi connectivity index (χ3n) is 1.45. The van der Waals surface area contributed by atoms with Crippen LogP contribution in [0.25, 0.3) is 0 Å². The molecule has 0 saturated carbocycles. The van der Waals surface area contributed by atoms with Crippen LogP contribution in [0.5, 0.6) is 0 Å². The molecule has 2 N–H and O–H groups in total. The van der Waals surface area contributed by atoms with Crippen LogP contribution < -0.4 is 9.44 Å². The number of amides is 1. The van der Waals surface area contributed by atoms with Crippen molar-refractivity contribution in [3.05, 3.63) is 0 Å². The predicted molar refractivity (Wildman–Crippen MR) is 64.6 cm³/mol. The Morgan fingerprint density at radius 2 is 1.94 bits per heavy atom. The van der Waals surface area contributed by atoms with Gasteiger partial charge in [-0.1, -0.05) is 22.9 Å². The fourth-order valence-corrected chi connectivity index (χ4v) is 1.76. The van der Waals surface area contributed by atoms with Crippen molar-refractivity contribution in [2.24, 2.45) is 5.92 Å². The molecule has 96 valence electrons. The van der Waals surface area contributed by atoms with E-state index in [-0.39, 0.29) is 18.6 Å². The molecule has 1 amide bonds. The smallest absolute Gasteiger partial charge is 0.422 e. The molecule has 8 heteroatoms. The summed E-state index contributed by atoms with van der Waals surface area (Å²) >= 11 is 3.22. The number of halogens is 1. The molecule has 0 aromatic heterocycles. The molecule has 0 bridgehead atoms. The van der Waals surface area contributed by atoms with E-state index < -0.39 is 16.3 Å². The highest BCUT2D eigenvalue weighted by Crippen LogP contribution is 1.98. The first kappa shape index (κ1) is 15.7. The molecule has 0 aromatic rings. The van der Waals surface area contributed by atoms with Crippen LogP contribution in [0.1, 0.15) is 20.8 Å². The molecular weight excluding hydrogens is 300 g/mol. The van der Waals surface area contributed by atoms with Crippen molar-refractivity contribution in [1.29, 1.82) is 0 Å². The summed E-state index contributed by atoms with van der Waals surface area (Å²) in [4.78, 5) is 11.0. The lowest BCUT2D eigenvalue weighted by Crippen LogP contribution is -2.42. The van der Waals surface area contributed by atoms with Gasteiger partial charge >= 0.3 is 16.3 Å². The van der Waals surface area contributed by atoms with Crippen molar-refractivity contribution in [1.82, 2.24) is 9.44 Å². The fourth-order valence-electron chi connectivity index (χ4n) is 0.690. The summed E-state index contributed by atoms with van der Waals surface area (Å²) in [5.41, 5.74) is 0. The zero-order chi connectivity index (χ0) is 12.8. The van der Waals surface area contributed by atoms with E-state index in [2.05, 4.69) is 25.4 Å². The van der Waals surface area contributed by atoms with Crippen LogP contribution in [0.4, 0.5) is 4.79 Å². The first-order valence-corrected chi connectivity index (χ1v) is 7.41. The lowest BCUT2D eigenvalue weighted by Gasteiger charge is -2.12. The van der Waals surface area contributed by atoms with Gasteiger partial charge in [0, 0.05) is 11.9 Å². The topological polar surface area (TPSA) is 84.5 Å². The maximum Gasteiger partial charge on any atom is 0.422 e. The van der Waals surface area contributed by atoms with Gasteiger partial charge < -0.3 is 4.74 Å². The van der Waals surface area contributed by atoms with Gasteiger partial charge in [0.15, 0.2) is 0 Å². The Bertz CT molecular complexity index is 318. The van der Waals surface area contributed by atoms with E-state index in [4.69, 9.17) is 0 Å². The van der Waals surface area contributed by atoms with Gasteiger partial charge in [-0.3, -0.25) is 0 Å². The molecule has 0 radical (unpaired) electrons. The molecule has 0 rings (SSSR count). The number of rotatable bonds is 6. The summed E-state index contributed by atoms with van der Waals surface area (Å²) in [7, 11) is -3.83. The molecule has 0 aliphatic carbocycles. The minimum atomic E-state index is -3.83. The number of alkyl halides is 1. The molecule has 16 heavy (non-hydrogen) atoms. The quantitative estimate of drug-likeness (QED) is 0.716. The standard InChI is InChI=1S/C8H17BrN2O4S/c1-6(2)15-8(12)11-16(13,14)10-5-7(3)4-9/h6-7,10H,4-5H2,1-3H3,(H,11,12). The third kappa shape index (κ3) is 7.89. The molecule has 0 aromatic carbocycles. The van der Waals surface area contributed by atoms with Gasteiger partial charge in [-0.15, -0.1) is 0 Å². The van der Waals surface area contributed by atoms with Crippen molar-refractivity contribution in [2.45, 2.75) is 26.9 Å². The van der Waals surface area contributed by atoms with Crippen molar-refractivity contribution in [3.8, 4) is 0 Å². The van der Waals surface area contributed by atoms with Gasteiger partial charge in [-0.2, -0.15) is 13.1 Å². The minimum absolute atomic E-state index is 0.137. The lowest BCUT2D eigenvalue weighted by molar-refractivity contribution is 0.121. The van der Waals surface area contributed by atoms with E-state index in [9.17, 15) is 13.2 Å². The Labute approximate surface area is 104 Å². The van der Waals surface area contributed by atoms with Gasteiger partial charge in [-0.25, -0.2) is 9.52 Å². The number of hydrogen-bond acceptors (Lipinski definition) is 4. The van der Waals surface area contributed by atoms with Crippen LogP contribution in [-0.4, -0.2) is 32.5 Å². The Balaban J connectivity index is 4.10. The summed E-state index contributed by atoms with van der Waals surface area (Å²) in [6, 6.07) is 0. The third-order valence-corrected chi connectivity index (χ3v) is 3.53. The Kier molecular flexibility index (Phi) is 6.93. The van der Waals surface area contributed by atoms with E-state index in [1.165, 1.54) is 0 Å². The second-order valence-electron chi connectivity index (χ2n) is 3.67. The zero-order valence-corrected chi connectivity index (χ0v) is 11.9. The summed E-state index contributed by atoms with van der Waals surface area (Å²) in [6.45, 7) is 5.37. The van der Waals surface area contributed by atoms with Crippen LogP contribution in [0, 0.1) is 5.92 Å². The highest BCUT2D eigenvalue weighted by Gasteiger charge is 2.16. The van der Waals surface area contributed by atoms with Crippen molar-refractivity contribution in [2.75, 3.05) is 11.9 Å². The number of nitrogens with one attached hydrogen (secondary N) is 2. The van der Waals surface area contributed by atoms with Crippen molar-refractivity contribution >= 4 is 32.2 Å². The number of carbonyl (C=O) groups excluding carboxylic acids is 1. The van der Waals surface area contributed by atoms with Crippen LogP contribution in [0.3, 0.4) is 0 Å². The number of ether oxygens (including phenoxy) is 1. The van der Waals surface area contributed by atoms with E-state index in [1.807, 2.05) is 6.92 Å². The monoisotopic (exact) mass is 316 g/mol. The van der Waals surface area contributed by atoms with Gasteiger partial charge in [0.25, 0.3) is 0 Å². The lowest BCUT2D eigenvalue weighted by atomic mass is 10.2. The van der Waals surface area contributed by atoms with Crippen LogP contribution in [-0.2, 0) is 14.9 Å².